The molecule has 0 spiro atoms. The maximum Gasteiger partial charge on any atom is 0.282 e. The Morgan fingerprint density at radius 1 is 1.52 bits per heavy atom. The lowest BCUT2D eigenvalue weighted by Crippen LogP contribution is -2.63. The Kier molecular flexibility index (Phi) is 4.53. The molecule has 0 aliphatic carbocycles. The zero-order valence-electron chi connectivity index (χ0n) is 12.0. The van der Waals surface area contributed by atoms with Crippen LogP contribution in [-0.4, -0.2) is 45.8 Å². The van der Waals surface area contributed by atoms with Crippen LogP contribution < -0.4 is 0 Å². The topological polar surface area (TPSA) is 83.7 Å². The lowest BCUT2D eigenvalue weighted by molar-refractivity contribution is -0.385. The van der Waals surface area contributed by atoms with Crippen molar-refractivity contribution in [1.82, 2.24) is 4.90 Å². The van der Waals surface area contributed by atoms with Gasteiger partial charge >= 0.3 is 0 Å². The van der Waals surface area contributed by atoms with E-state index in [0.717, 1.165) is 11.3 Å². The Morgan fingerprint density at radius 2 is 2.19 bits per heavy atom. The Balaban J connectivity index is 2.22. The van der Waals surface area contributed by atoms with Crippen molar-refractivity contribution in [3.05, 3.63) is 33.9 Å². The first-order chi connectivity index (χ1) is 9.90. The molecular formula is C14H18N2O4S. The van der Waals surface area contributed by atoms with Crippen molar-refractivity contribution >= 4 is 23.4 Å². The third-order valence-corrected chi connectivity index (χ3v) is 4.33. The van der Waals surface area contributed by atoms with E-state index in [9.17, 15) is 20.0 Å². The summed E-state index contributed by atoms with van der Waals surface area (Å²) in [6.45, 7) is 2.44. The molecule has 6 nitrogen and oxygen atoms in total. The SMILES string of the molecule is CCCC1(O)CN(C(=O)c2cc(SC)ccc2[N+](=O)[O-])C1. The highest BCUT2D eigenvalue weighted by atomic mass is 32.2. The van der Waals surface area contributed by atoms with Crippen molar-refractivity contribution in [2.24, 2.45) is 0 Å². The largest absolute Gasteiger partial charge is 0.386 e. The quantitative estimate of drug-likeness (QED) is 0.512. The molecule has 1 heterocycles. The number of nitrogens with zero attached hydrogens (tertiary/aromatic N) is 2. The number of amides is 1. The molecule has 1 fully saturated rings. The van der Waals surface area contributed by atoms with Gasteiger partial charge in [0.15, 0.2) is 0 Å². The van der Waals surface area contributed by atoms with Gasteiger partial charge in [-0.3, -0.25) is 14.9 Å². The van der Waals surface area contributed by atoms with Crippen LogP contribution in [0.1, 0.15) is 30.1 Å². The van der Waals surface area contributed by atoms with E-state index in [2.05, 4.69) is 0 Å². The van der Waals surface area contributed by atoms with Gasteiger partial charge in [0.1, 0.15) is 5.56 Å². The number of rotatable bonds is 5. The molecule has 2 rings (SSSR count). The van der Waals surface area contributed by atoms with Gasteiger partial charge < -0.3 is 10.0 Å². The maximum atomic E-state index is 12.4. The predicted octanol–water partition coefficient (Wildman–Crippen LogP) is 2.30. The first-order valence-electron chi connectivity index (χ1n) is 6.74. The van der Waals surface area contributed by atoms with Crippen molar-refractivity contribution in [2.45, 2.75) is 30.3 Å². The number of hydrogen-bond acceptors (Lipinski definition) is 5. The number of benzene rings is 1. The van der Waals surface area contributed by atoms with Gasteiger partial charge in [0.2, 0.25) is 0 Å². The number of aliphatic hydroxyl groups is 1. The second-order valence-electron chi connectivity index (χ2n) is 5.28. The number of carbonyl (C=O) groups is 1. The van der Waals surface area contributed by atoms with Crippen LogP contribution >= 0.6 is 11.8 Å². The molecule has 1 saturated heterocycles. The van der Waals surface area contributed by atoms with Crippen molar-refractivity contribution < 1.29 is 14.8 Å². The van der Waals surface area contributed by atoms with Gasteiger partial charge in [-0.2, -0.15) is 0 Å². The Morgan fingerprint density at radius 3 is 2.71 bits per heavy atom. The van der Waals surface area contributed by atoms with Gasteiger partial charge in [-0.1, -0.05) is 13.3 Å². The minimum absolute atomic E-state index is 0.0883. The summed E-state index contributed by atoms with van der Waals surface area (Å²) in [4.78, 5) is 25.2. The monoisotopic (exact) mass is 310 g/mol. The highest BCUT2D eigenvalue weighted by Crippen LogP contribution is 2.31. The number of carbonyl (C=O) groups excluding carboxylic acids is 1. The molecule has 0 aromatic heterocycles. The Bertz CT molecular complexity index is 570. The van der Waals surface area contributed by atoms with E-state index < -0.39 is 16.4 Å². The lowest BCUT2D eigenvalue weighted by Gasteiger charge is -2.46. The minimum Gasteiger partial charge on any atom is -0.386 e. The van der Waals surface area contributed by atoms with Crippen molar-refractivity contribution in [3.8, 4) is 0 Å². The third kappa shape index (κ3) is 3.19. The molecule has 0 atom stereocenters. The molecule has 1 N–H and O–H groups in total. The van der Waals surface area contributed by atoms with E-state index in [-0.39, 0.29) is 24.3 Å². The van der Waals surface area contributed by atoms with Crippen molar-refractivity contribution in [3.63, 3.8) is 0 Å². The van der Waals surface area contributed by atoms with Crippen LogP contribution in [0.15, 0.2) is 23.1 Å². The van der Waals surface area contributed by atoms with E-state index in [1.165, 1.54) is 22.7 Å². The molecule has 1 aromatic carbocycles. The molecule has 21 heavy (non-hydrogen) atoms. The average molecular weight is 310 g/mol. The molecule has 1 amide bonds. The fraction of sp³-hybridized carbons (Fsp3) is 0.500. The molecule has 1 aliphatic rings. The van der Waals surface area contributed by atoms with Crippen LogP contribution in [0.2, 0.25) is 0 Å². The standard InChI is InChI=1S/C14H18N2O4S/c1-3-6-14(18)8-15(9-14)13(17)11-7-10(21-2)4-5-12(11)16(19)20/h4-5,7,18H,3,6,8-9H2,1-2H3. The van der Waals surface area contributed by atoms with Crippen LogP contribution in [0.3, 0.4) is 0 Å². The molecule has 1 aromatic rings. The molecular weight excluding hydrogens is 292 g/mol. The number of likely N-dealkylation sites (tertiary alicyclic amines) is 1. The number of nitro groups is 1. The lowest BCUT2D eigenvalue weighted by atomic mass is 9.88. The zero-order chi connectivity index (χ0) is 15.6. The minimum atomic E-state index is -0.837. The van der Waals surface area contributed by atoms with Gasteiger partial charge in [0.05, 0.1) is 23.6 Å². The number of nitro benzene ring substituents is 1. The van der Waals surface area contributed by atoms with Crippen LogP contribution in [0.4, 0.5) is 5.69 Å². The van der Waals surface area contributed by atoms with Crippen LogP contribution in [0.25, 0.3) is 0 Å². The third-order valence-electron chi connectivity index (χ3n) is 3.60. The summed E-state index contributed by atoms with van der Waals surface area (Å²) in [5.41, 5.74) is -0.940. The van der Waals surface area contributed by atoms with E-state index in [1.54, 1.807) is 12.1 Å². The predicted molar refractivity (Wildman–Crippen MR) is 80.6 cm³/mol. The summed E-state index contributed by atoms with van der Waals surface area (Å²) in [7, 11) is 0. The molecule has 0 radical (unpaired) electrons. The summed E-state index contributed by atoms with van der Waals surface area (Å²) in [6, 6.07) is 4.53. The smallest absolute Gasteiger partial charge is 0.282 e. The van der Waals surface area contributed by atoms with Crippen LogP contribution in [0, 0.1) is 10.1 Å². The summed E-state index contributed by atoms with van der Waals surface area (Å²) >= 11 is 1.42. The Hall–Kier alpha value is -1.60. The van der Waals surface area contributed by atoms with Gasteiger partial charge in [-0.05, 0) is 24.8 Å². The average Bonchev–Trinajstić information content (AvgIpc) is 2.43. The number of hydrogen-bond donors (Lipinski definition) is 1. The molecule has 1 aliphatic heterocycles. The maximum absolute atomic E-state index is 12.4. The van der Waals surface area contributed by atoms with Gasteiger partial charge in [-0.15, -0.1) is 11.8 Å². The van der Waals surface area contributed by atoms with Crippen molar-refractivity contribution in [1.29, 1.82) is 0 Å². The molecule has 7 heteroatoms. The summed E-state index contributed by atoms with van der Waals surface area (Å²) in [5.74, 6) is -0.390. The fourth-order valence-electron chi connectivity index (χ4n) is 2.57. The normalized spacial score (nSPS) is 16.4. The van der Waals surface area contributed by atoms with E-state index in [0.29, 0.717) is 6.42 Å². The molecule has 0 unspecified atom stereocenters. The number of thioether (sulfide) groups is 1. The molecule has 114 valence electrons. The van der Waals surface area contributed by atoms with Gasteiger partial charge in [0, 0.05) is 11.0 Å². The summed E-state index contributed by atoms with van der Waals surface area (Å²) in [6.07, 6.45) is 3.31. The van der Waals surface area contributed by atoms with Crippen LogP contribution in [-0.2, 0) is 0 Å². The van der Waals surface area contributed by atoms with Gasteiger partial charge in [0.25, 0.3) is 11.6 Å². The number of β-amino-alcohol motifs (C(OH)–C–C–N with tert-alkyl or cyclic N) is 1. The second-order valence-corrected chi connectivity index (χ2v) is 6.16. The second kappa shape index (κ2) is 6.03. The van der Waals surface area contributed by atoms with E-state index in [1.807, 2.05) is 13.2 Å². The highest BCUT2D eigenvalue weighted by Gasteiger charge is 2.44. The first kappa shape index (κ1) is 15.8. The summed E-state index contributed by atoms with van der Waals surface area (Å²) in [5, 5.41) is 21.2. The van der Waals surface area contributed by atoms with Crippen LogP contribution in [0.5, 0.6) is 0 Å². The molecule has 0 bridgehead atoms. The summed E-state index contributed by atoms with van der Waals surface area (Å²) < 4.78 is 0. The van der Waals surface area contributed by atoms with Crippen molar-refractivity contribution in [2.75, 3.05) is 19.3 Å². The zero-order valence-corrected chi connectivity index (χ0v) is 12.9. The fourth-order valence-corrected chi connectivity index (χ4v) is 3.01. The Labute approximate surface area is 127 Å². The highest BCUT2D eigenvalue weighted by molar-refractivity contribution is 7.98. The van der Waals surface area contributed by atoms with E-state index >= 15 is 0 Å². The first-order valence-corrected chi connectivity index (χ1v) is 7.97. The van der Waals surface area contributed by atoms with Gasteiger partial charge in [-0.25, -0.2) is 0 Å². The molecule has 0 saturated carbocycles. The van der Waals surface area contributed by atoms with E-state index in [4.69, 9.17) is 0 Å².